The standard InChI is InChI=1S/C14H30O2/c1-3-4-5-6-7-8-9-10-11-12-16-13-14(2)15/h14-15H,3-13H2,1-2H3. The van der Waals surface area contributed by atoms with E-state index in [0.717, 1.165) is 13.0 Å². The van der Waals surface area contributed by atoms with Crippen molar-refractivity contribution in [3.8, 4) is 0 Å². The summed E-state index contributed by atoms with van der Waals surface area (Å²) >= 11 is 0. The molecule has 0 saturated heterocycles. The minimum Gasteiger partial charge on any atom is -0.391 e. The number of rotatable bonds is 12. The number of aliphatic hydroxyl groups is 1. The Bertz CT molecular complexity index is 124. The number of ether oxygens (including phenoxy) is 1. The summed E-state index contributed by atoms with van der Waals surface area (Å²) in [5.41, 5.74) is 0. The van der Waals surface area contributed by atoms with E-state index in [-0.39, 0.29) is 6.10 Å². The molecular weight excluding hydrogens is 200 g/mol. The van der Waals surface area contributed by atoms with Gasteiger partial charge in [-0.2, -0.15) is 0 Å². The molecule has 0 heterocycles. The summed E-state index contributed by atoms with van der Waals surface area (Å²) in [6.07, 6.45) is 11.8. The Morgan fingerprint density at radius 1 is 0.875 bits per heavy atom. The monoisotopic (exact) mass is 230 g/mol. The predicted molar refractivity (Wildman–Crippen MR) is 69.7 cm³/mol. The van der Waals surface area contributed by atoms with Crippen molar-refractivity contribution in [2.24, 2.45) is 0 Å². The van der Waals surface area contributed by atoms with Gasteiger partial charge in [0.2, 0.25) is 0 Å². The predicted octanol–water partition coefficient (Wildman–Crippen LogP) is 3.91. The highest BCUT2D eigenvalue weighted by atomic mass is 16.5. The van der Waals surface area contributed by atoms with Crippen molar-refractivity contribution in [3.05, 3.63) is 0 Å². The largest absolute Gasteiger partial charge is 0.391 e. The van der Waals surface area contributed by atoms with Crippen LogP contribution in [-0.4, -0.2) is 24.4 Å². The first-order valence-corrected chi connectivity index (χ1v) is 7.03. The van der Waals surface area contributed by atoms with Crippen molar-refractivity contribution in [2.45, 2.75) is 77.7 Å². The maximum absolute atomic E-state index is 8.97. The molecule has 2 nitrogen and oxygen atoms in total. The van der Waals surface area contributed by atoms with Gasteiger partial charge in [-0.15, -0.1) is 0 Å². The van der Waals surface area contributed by atoms with Gasteiger partial charge in [0, 0.05) is 6.61 Å². The zero-order valence-corrected chi connectivity index (χ0v) is 11.2. The van der Waals surface area contributed by atoms with Crippen molar-refractivity contribution in [1.82, 2.24) is 0 Å². The lowest BCUT2D eigenvalue weighted by atomic mass is 10.1. The lowest BCUT2D eigenvalue weighted by molar-refractivity contribution is 0.0445. The molecule has 0 spiro atoms. The molecule has 0 aromatic rings. The van der Waals surface area contributed by atoms with Gasteiger partial charge in [0.05, 0.1) is 12.7 Å². The van der Waals surface area contributed by atoms with Crippen LogP contribution in [0.25, 0.3) is 0 Å². The Balaban J connectivity index is 2.88. The van der Waals surface area contributed by atoms with Gasteiger partial charge in [-0.3, -0.25) is 0 Å². The van der Waals surface area contributed by atoms with E-state index in [4.69, 9.17) is 9.84 Å². The zero-order chi connectivity index (χ0) is 12.1. The summed E-state index contributed by atoms with van der Waals surface area (Å²) in [7, 11) is 0. The van der Waals surface area contributed by atoms with E-state index in [9.17, 15) is 0 Å². The second kappa shape index (κ2) is 13.0. The third-order valence-electron chi connectivity index (χ3n) is 2.75. The van der Waals surface area contributed by atoms with Crippen LogP contribution < -0.4 is 0 Å². The fraction of sp³-hybridized carbons (Fsp3) is 1.00. The third-order valence-corrected chi connectivity index (χ3v) is 2.75. The van der Waals surface area contributed by atoms with Gasteiger partial charge in [-0.25, -0.2) is 0 Å². The lowest BCUT2D eigenvalue weighted by Crippen LogP contribution is -2.10. The van der Waals surface area contributed by atoms with E-state index in [2.05, 4.69) is 6.92 Å². The number of hydrogen-bond acceptors (Lipinski definition) is 2. The Kier molecular flexibility index (Phi) is 12.9. The van der Waals surface area contributed by atoms with Gasteiger partial charge in [0.25, 0.3) is 0 Å². The van der Waals surface area contributed by atoms with Gasteiger partial charge >= 0.3 is 0 Å². The highest BCUT2D eigenvalue weighted by molar-refractivity contribution is 4.47. The molecule has 0 fully saturated rings. The van der Waals surface area contributed by atoms with Crippen LogP contribution in [0.5, 0.6) is 0 Å². The summed E-state index contributed by atoms with van der Waals surface area (Å²) in [4.78, 5) is 0. The zero-order valence-electron chi connectivity index (χ0n) is 11.2. The SMILES string of the molecule is CCCCCCCCCCCOCC(C)O. The van der Waals surface area contributed by atoms with Crippen LogP contribution in [0.15, 0.2) is 0 Å². The van der Waals surface area contributed by atoms with Crippen LogP contribution in [0.2, 0.25) is 0 Å². The van der Waals surface area contributed by atoms with E-state index >= 15 is 0 Å². The van der Waals surface area contributed by atoms with Crippen molar-refractivity contribution >= 4 is 0 Å². The van der Waals surface area contributed by atoms with Gasteiger partial charge in [-0.05, 0) is 13.3 Å². The highest BCUT2D eigenvalue weighted by Gasteiger charge is 1.95. The minimum atomic E-state index is -0.321. The van der Waals surface area contributed by atoms with E-state index in [1.807, 2.05) is 0 Å². The van der Waals surface area contributed by atoms with Crippen LogP contribution in [-0.2, 0) is 4.74 Å². The van der Waals surface area contributed by atoms with E-state index in [0.29, 0.717) is 6.61 Å². The number of hydrogen-bond donors (Lipinski definition) is 1. The fourth-order valence-electron chi connectivity index (χ4n) is 1.77. The molecule has 0 bridgehead atoms. The Morgan fingerprint density at radius 2 is 1.38 bits per heavy atom. The average molecular weight is 230 g/mol. The molecule has 98 valence electrons. The van der Waals surface area contributed by atoms with E-state index in [1.54, 1.807) is 6.92 Å². The van der Waals surface area contributed by atoms with Crippen LogP contribution in [0.4, 0.5) is 0 Å². The molecule has 0 rings (SSSR count). The molecule has 0 aliphatic rings. The normalized spacial score (nSPS) is 12.9. The second-order valence-electron chi connectivity index (χ2n) is 4.75. The number of unbranched alkanes of at least 4 members (excludes halogenated alkanes) is 8. The average Bonchev–Trinajstić information content (AvgIpc) is 2.25. The van der Waals surface area contributed by atoms with Gasteiger partial charge < -0.3 is 9.84 Å². The first-order valence-electron chi connectivity index (χ1n) is 7.03. The minimum absolute atomic E-state index is 0.321. The molecular formula is C14H30O2. The Labute approximate surface area is 101 Å². The molecule has 0 aromatic heterocycles. The third kappa shape index (κ3) is 13.9. The Hall–Kier alpha value is -0.0800. The van der Waals surface area contributed by atoms with Gasteiger partial charge in [-0.1, -0.05) is 58.3 Å². The maximum atomic E-state index is 8.97. The molecule has 0 amide bonds. The molecule has 1 N–H and O–H groups in total. The van der Waals surface area contributed by atoms with Crippen molar-refractivity contribution in [3.63, 3.8) is 0 Å². The quantitative estimate of drug-likeness (QED) is 0.515. The maximum Gasteiger partial charge on any atom is 0.0745 e. The van der Waals surface area contributed by atoms with Crippen LogP contribution in [0.3, 0.4) is 0 Å². The summed E-state index contributed by atoms with van der Waals surface area (Å²) in [6, 6.07) is 0. The smallest absolute Gasteiger partial charge is 0.0745 e. The van der Waals surface area contributed by atoms with Crippen LogP contribution >= 0.6 is 0 Å². The molecule has 0 aromatic carbocycles. The lowest BCUT2D eigenvalue weighted by Gasteiger charge is -2.06. The summed E-state index contributed by atoms with van der Waals surface area (Å²) < 4.78 is 5.30. The Morgan fingerprint density at radius 3 is 1.88 bits per heavy atom. The molecule has 0 aliphatic carbocycles. The fourth-order valence-corrected chi connectivity index (χ4v) is 1.77. The summed E-state index contributed by atoms with van der Waals surface area (Å²) in [5.74, 6) is 0. The molecule has 0 saturated carbocycles. The second-order valence-corrected chi connectivity index (χ2v) is 4.75. The summed E-state index contributed by atoms with van der Waals surface area (Å²) in [6.45, 7) is 5.31. The highest BCUT2D eigenvalue weighted by Crippen LogP contribution is 2.09. The van der Waals surface area contributed by atoms with Gasteiger partial charge in [0.15, 0.2) is 0 Å². The molecule has 1 atom stereocenters. The van der Waals surface area contributed by atoms with Gasteiger partial charge in [0.1, 0.15) is 0 Å². The topological polar surface area (TPSA) is 29.5 Å². The first-order chi connectivity index (χ1) is 7.77. The first kappa shape index (κ1) is 15.9. The van der Waals surface area contributed by atoms with Crippen molar-refractivity contribution < 1.29 is 9.84 Å². The van der Waals surface area contributed by atoms with E-state index in [1.165, 1.54) is 51.4 Å². The molecule has 1 unspecified atom stereocenters. The van der Waals surface area contributed by atoms with E-state index < -0.39 is 0 Å². The van der Waals surface area contributed by atoms with Crippen LogP contribution in [0, 0.1) is 0 Å². The molecule has 16 heavy (non-hydrogen) atoms. The van der Waals surface area contributed by atoms with Crippen molar-refractivity contribution in [1.29, 1.82) is 0 Å². The molecule has 0 radical (unpaired) electrons. The van der Waals surface area contributed by atoms with Crippen molar-refractivity contribution in [2.75, 3.05) is 13.2 Å². The van der Waals surface area contributed by atoms with Crippen LogP contribution in [0.1, 0.15) is 71.6 Å². The molecule has 2 heteroatoms. The molecule has 0 aliphatic heterocycles. The summed E-state index contributed by atoms with van der Waals surface area (Å²) in [5, 5.41) is 8.97. The number of aliphatic hydroxyl groups excluding tert-OH is 1.